The predicted octanol–water partition coefficient (Wildman–Crippen LogP) is -3.86. The normalized spacial score (nSPS) is 14.6. The molecular formula is C21H34N6O11S. The maximum atomic E-state index is 12.9. The monoisotopic (exact) mass is 578 g/mol. The number of primary amides is 1. The van der Waals surface area contributed by atoms with Gasteiger partial charge in [-0.2, -0.15) is 12.6 Å². The molecule has 5 atom stereocenters. The van der Waals surface area contributed by atoms with Gasteiger partial charge in [0.2, 0.25) is 29.5 Å². The Hall–Kier alpha value is -3.93. The lowest BCUT2D eigenvalue weighted by Gasteiger charge is -2.27. The van der Waals surface area contributed by atoms with E-state index in [1.165, 1.54) is 0 Å². The van der Waals surface area contributed by atoms with E-state index in [0.717, 1.165) is 0 Å². The highest BCUT2D eigenvalue weighted by Gasteiger charge is 2.33. The fourth-order valence-corrected chi connectivity index (χ4v) is 3.26. The Kier molecular flexibility index (Phi) is 15.1. The van der Waals surface area contributed by atoms with Gasteiger partial charge in [-0.15, -0.1) is 0 Å². The maximum Gasteiger partial charge on any atom is 0.326 e. The second kappa shape index (κ2) is 16.8. The van der Waals surface area contributed by atoms with Gasteiger partial charge in [-0.3, -0.25) is 33.6 Å². The van der Waals surface area contributed by atoms with Gasteiger partial charge in [0.15, 0.2) is 0 Å². The highest BCUT2D eigenvalue weighted by molar-refractivity contribution is 7.80. The second-order valence-corrected chi connectivity index (χ2v) is 9.11. The van der Waals surface area contributed by atoms with E-state index in [1.807, 2.05) is 5.32 Å². The van der Waals surface area contributed by atoms with E-state index in [2.05, 4.69) is 28.6 Å². The lowest BCUT2D eigenvalue weighted by molar-refractivity contribution is -0.147. The van der Waals surface area contributed by atoms with Crippen LogP contribution in [-0.4, -0.2) is 98.7 Å². The van der Waals surface area contributed by atoms with Crippen molar-refractivity contribution in [3.63, 3.8) is 0 Å². The summed E-state index contributed by atoms with van der Waals surface area (Å²) in [5.74, 6) is -10.1. The van der Waals surface area contributed by atoms with Crippen LogP contribution in [0.4, 0.5) is 0 Å². The lowest BCUT2D eigenvalue weighted by atomic mass is 10.0. The minimum atomic E-state index is -1.84. The van der Waals surface area contributed by atoms with Crippen LogP contribution in [0.5, 0.6) is 0 Å². The summed E-state index contributed by atoms with van der Waals surface area (Å²) in [5.41, 5.74) is 10.6. The highest BCUT2D eigenvalue weighted by atomic mass is 32.1. The van der Waals surface area contributed by atoms with Crippen molar-refractivity contribution in [3.05, 3.63) is 0 Å². The van der Waals surface area contributed by atoms with E-state index < -0.39 is 103 Å². The van der Waals surface area contributed by atoms with Crippen LogP contribution in [0.25, 0.3) is 0 Å². The third-order valence-corrected chi connectivity index (χ3v) is 5.46. The van der Waals surface area contributed by atoms with Crippen LogP contribution in [0.3, 0.4) is 0 Å². The number of nitrogens with two attached hydrogens (primary N) is 2. The molecule has 0 aromatic carbocycles. The van der Waals surface area contributed by atoms with Crippen LogP contribution in [0.2, 0.25) is 0 Å². The number of thiol groups is 1. The van der Waals surface area contributed by atoms with E-state index in [9.17, 15) is 38.4 Å². The standard InChI is InChI=1S/C21H34N6O11S/c1-8(2)16(27-17(33)9(22)5-14(29)30)20(36)26-12(7-39)19(35)24-10(3-4-13(23)28)18(34)25-11(21(37)38)6-15(31)32/h8-12,16,39H,3-7,22H2,1-2H3,(H2,23,28)(H,24,35)(H,25,34)(H,26,36)(H,27,33)(H,29,30)(H,31,32)(H,37,38)/t9-,10-,11-,12-,16-/m0/s1. The molecule has 0 saturated carbocycles. The average molecular weight is 579 g/mol. The molecule has 0 aromatic heterocycles. The van der Waals surface area contributed by atoms with Gasteiger partial charge in [0.1, 0.15) is 24.2 Å². The molecule has 17 nitrogen and oxygen atoms in total. The predicted molar refractivity (Wildman–Crippen MR) is 135 cm³/mol. The number of rotatable bonds is 18. The summed E-state index contributed by atoms with van der Waals surface area (Å²) in [6.07, 6.45) is -2.45. The fraction of sp³-hybridized carbons (Fsp3) is 0.619. The van der Waals surface area contributed by atoms with Gasteiger partial charge in [0, 0.05) is 12.2 Å². The Labute approximate surface area is 228 Å². The number of carbonyl (C=O) groups excluding carboxylic acids is 5. The molecule has 0 fully saturated rings. The summed E-state index contributed by atoms with van der Waals surface area (Å²) < 4.78 is 0. The molecule has 0 aliphatic carbocycles. The summed E-state index contributed by atoms with van der Waals surface area (Å²) in [6.45, 7) is 3.12. The zero-order valence-electron chi connectivity index (χ0n) is 21.2. The molecule has 0 aliphatic rings. The first kappa shape index (κ1) is 35.1. The minimum Gasteiger partial charge on any atom is -0.481 e. The van der Waals surface area contributed by atoms with Crippen LogP contribution in [0.1, 0.15) is 39.5 Å². The van der Waals surface area contributed by atoms with Gasteiger partial charge >= 0.3 is 17.9 Å². The van der Waals surface area contributed by atoms with Crippen molar-refractivity contribution in [3.8, 4) is 0 Å². The lowest BCUT2D eigenvalue weighted by Crippen LogP contribution is -2.60. The highest BCUT2D eigenvalue weighted by Crippen LogP contribution is 2.06. The summed E-state index contributed by atoms with van der Waals surface area (Å²) in [4.78, 5) is 94.7. The third kappa shape index (κ3) is 13.4. The number of carbonyl (C=O) groups is 8. The van der Waals surface area contributed by atoms with Gasteiger partial charge in [-0.05, 0) is 12.3 Å². The minimum absolute atomic E-state index is 0.310. The Bertz CT molecular complexity index is 961. The summed E-state index contributed by atoms with van der Waals surface area (Å²) in [6, 6.07) is -7.47. The van der Waals surface area contributed by atoms with Gasteiger partial charge < -0.3 is 48.1 Å². The summed E-state index contributed by atoms with van der Waals surface area (Å²) in [7, 11) is 0. The van der Waals surface area contributed by atoms with E-state index in [-0.39, 0.29) is 12.2 Å². The molecule has 0 spiro atoms. The first-order valence-corrected chi connectivity index (χ1v) is 12.2. The molecule has 0 aliphatic heterocycles. The van der Waals surface area contributed by atoms with E-state index in [1.54, 1.807) is 13.8 Å². The number of carboxylic acids is 3. The van der Waals surface area contributed by atoms with Crippen LogP contribution >= 0.6 is 12.6 Å². The summed E-state index contributed by atoms with van der Waals surface area (Å²) in [5, 5.41) is 35.6. The molecule has 0 heterocycles. The second-order valence-electron chi connectivity index (χ2n) is 8.74. The molecule has 0 unspecified atom stereocenters. The zero-order valence-corrected chi connectivity index (χ0v) is 22.1. The van der Waals surface area contributed by atoms with Crippen molar-refractivity contribution in [2.24, 2.45) is 17.4 Å². The molecule has 11 N–H and O–H groups in total. The van der Waals surface area contributed by atoms with Gasteiger partial charge in [0.05, 0.1) is 18.9 Å². The number of carboxylic acid groups (broad SMARTS) is 3. The third-order valence-electron chi connectivity index (χ3n) is 5.10. The molecule has 220 valence electrons. The topological polar surface area (TPSA) is 297 Å². The zero-order chi connectivity index (χ0) is 30.4. The molecule has 0 aromatic rings. The van der Waals surface area contributed by atoms with Crippen molar-refractivity contribution in [2.45, 2.75) is 69.7 Å². The van der Waals surface area contributed by atoms with Crippen molar-refractivity contribution < 1.29 is 53.7 Å². The molecule has 0 bridgehead atoms. The van der Waals surface area contributed by atoms with E-state index >= 15 is 0 Å². The van der Waals surface area contributed by atoms with Gasteiger partial charge in [-0.1, -0.05) is 13.8 Å². The molecule has 0 saturated heterocycles. The first-order chi connectivity index (χ1) is 18.0. The average Bonchev–Trinajstić information content (AvgIpc) is 2.81. The molecular weight excluding hydrogens is 544 g/mol. The largest absolute Gasteiger partial charge is 0.481 e. The number of hydrogen-bond donors (Lipinski definition) is 10. The van der Waals surface area contributed by atoms with Crippen molar-refractivity contribution in [2.75, 3.05) is 5.75 Å². The molecule has 0 rings (SSSR count). The molecule has 39 heavy (non-hydrogen) atoms. The smallest absolute Gasteiger partial charge is 0.326 e. The summed E-state index contributed by atoms with van der Waals surface area (Å²) >= 11 is 4.00. The molecule has 18 heteroatoms. The molecule has 5 amide bonds. The Morgan fingerprint density at radius 2 is 1.21 bits per heavy atom. The van der Waals surface area contributed by atoms with Crippen LogP contribution in [0, 0.1) is 5.92 Å². The Morgan fingerprint density at radius 3 is 1.64 bits per heavy atom. The SMILES string of the molecule is CC(C)[C@H](NC(=O)[C@@H](N)CC(=O)O)C(=O)N[C@@H](CS)C(=O)N[C@@H](CCC(N)=O)C(=O)N[C@@H](CC(=O)O)C(=O)O. The van der Waals surface area contributed by atoms with Gasteiger partial charge in [0.25, 0.3) is 0 Å². The maximum absolute atomic E-state index is 12.9. The quantitative estimate of drug-likeness (QED) is 0.0699. The number of aliphatic carboxylic acids is 3. The fourth-order valence-electron chi connectivity index (χ4n) is 3.01. The van der Waals surface area contributed by atoms with Crippen molar-refractivity contribution in [1.82, 2.24) is 21.3 Å². The number of hydrogen-bond acceptors (Lipinski definition) is 10. The van der Waals surface area contributed by atoms with E-state index in [0.29, 0.717) is 0 Å². The number of nitrogens with one attached hydrogen (secondary N) is 4. The van der Waals surface area contributed by atoms with Gasteiger partial charge in [-0.25, -0.2) is 4.79 Å². The van der Waals surface area contributed by atoms with Crippen LogP contribution in [-0.2, 0) is 38.4 Å². The van der Waals surface area contributed by atoms with Crippen LogP contribution < -0.4 is 32.7 Å². The van der Waals surface area contributed by atoms with Crippen LogP contribution in [0.15, 0.2) is 0 Å². The number of amides is 5. The Morgan fingerprint density at radius 1 is 0.718 bits per heavy atom. The van der Waals surface area contributed by atoms with E-state index in [4.69, 9.17) is 26.8 Å². The first-order valence-electron chi connectivity index (χ1n) is 11.5. The van der Waals surface area contributed by atoms with Crippen molar-refractivity contribution >= 4 is 60.1 Å². The molecule has 0 radical (unpaired) electrons. The van der Waals surface area contributed by atoms with Crippen molar-refractivity contribution in [1.29, 1.82) is 0 Å². The Balaban J connectivity index is 5.62.